The first kappa shape index (κ1) is 15.5. The number of hydrogen-bond donors (Lipinski definition) is 1. The standard InChI is InChI=1S/C19H23N3O/c1-2-18-10-6-7-11-22(18)19(23)15-12-17(14-20-13-15)21-16-8-4-3-5-9-16/h3-5,8-9,12-14,18,21H,2,6-7,10-11H2,1H3. The maximum Gasteiger partial charge on any atom is 0.255 e. The summed E-state index contributed by atoms with van der Waals surface area (Å²) in [5, 5.41) is 3.29. The second kappa shape index (κ2) is 7.27. The number of nitrogens with one attached hydrogen (secondary N) is 1. The minimum absolute atomic E-state index is 0.0979. The predicted octanol–water partition coefficient (Wildman–Crippen LogP) is 4.23. The fraction of sp³-hybridized carbons (Fsp3) is 0.368. The minimum atomic E-state index is 0.0979. The summed E-state index contributed by atoms with van der Waals surface area (Å²) in [5.41, 5.74) is 2.49. The number of nitrogens with zero attached hydrogens (tertiary/aromatic N) is 2. The molecule has 2 heterocycles. The number of anilines is 2. The molecule has 1 unspecified atom stereocenters. The van der Waals surface area contributed by atoms with E-state index in [-0.39, 0.29) is 5.91 Å². The van der Waals surface area contributed by atoms with Gasteiger partial charge in [-0.25, -0.2) is 0 Å². The highest BCUT2D eigenvalue weighted by Gasteiger charge is 2.26. The molecule has 4 nitrogen and oxygen atoms in total. The summed E-state index contributed by atoms with van der Waals surface area (Å²) in [6, 6.07) is 12.2. The lowest BCUT2D eigenvalue weighted by atomic mass is 9.99. The first-order chi connectivity index (χ1) is 11.3. The van der Waals surface area contributed by atoms with E-state index in [1.54, 1.807) is 12.4 Å². The second-order valence-corrected chi connectivity index (χ2v) is 6.01. The molecule has 1 aromatic carbocycles. The van der Waals surface area contributed by atoms with Crippen LogP contribution in [-0.4, -0.2) is 28.4 Å². The van der Waals surface area contributed by atoms with Crippen molar-refractivity contribution in [2.45, 2.75) is 38.6 Å². The van der Waals surface area contributed by atoms with E-state index >= 15 is 0 Å². The van der Waals surface area contributed by atoms with Crippen LogP contribution in [0.3, 0.4) is 0 Å². The van der Waals surface area contributed by atoms with Crippen LogP contribution < -0.4 is 5.32 Å². The van der Waals surface area contributed by atoms with Crippen LogP contribution in [0.25, 0.3) is 0 Å². The zero-order valence-electron chi connectivity index (χ0n) is 13.5. The molecule has 1 N–H and O–H groups in total. The van der Waals surface area contributed by atoms with Crippen molar-refractivity contribution in [3.8, 4) is 0 Å². The average molecular weight is 309 g/mol. The van der Waals surface area contributed by atoms with Crippen LogP contribution in [0.2, 0.25) is 0 Å². The van der Waals surface area contributed by atoms with Gasteiger partial charge in [0.05, 0.1) is 17.4 Å². The van der Waals surface area contributed by atoms with Crippen LogP contribution in [0.5, 0.6) is 0 Å². The average Bonchev–Trinajstić information content (AvgIpc) is 2.62. The number of piperidine rings is 1. The number of amides is 1. The molecule has 120 valence electrons. The number of carbonyl (C=O) groups excluding carboxylic acids is 1. The first-order valence-corrected chi connectivity index (χ1v) is 8.36. The Morgan fingerprint density at radius 1 is 1.22 bits per heavy atom. The smallest absolute Gasteiger partial charge is 0.255 e. The maximum atomic E-state index is 12.8. The van der Waals surface area contributed by atoms with E-state index in [1.807, 2.05) is 41.3 Å². The summed E-state index contributed by atoms with van der Waals surface area (Å²) < 4.78 is 0. The van der Waals surface area contributed by atoms with Crippen molar-refractivity contribution in [2.75, 3.05) is 11.9 Å². The fourth-order valence-electron chi connectivity index (χ4n) is 3.17. The number of hydrogen-bond acceptors (Lipinski definition) is 3. The molecular weight excluding hydrogens is 286 g/mol. The molecule has 1 amide bonds. The van der Waals surface area contributed by atoms with Gasteiger partial charge in [0.2, 0.25) is 0 Å². The van der Waals surface area contributed by atoms with Crippen LogP contribution in [0.4, 0.5) is 11.4 Å². The largest absolute Gasteiger partial charge is 0.354 e. The molecule has 0 radical (unpaired) electrons. The number of benzene rings is 1. The highest BCUT2D eigenvalue weighted by molar-refractivity contribution is 5.95. The Morgan fingerprint density at radius 2 is 2.04 bits per heavy atom. The normalized spacial score (nSPS) is 17.8. The Kier molecular flexibility index (Phi) is 4.91. The van der Waals surface area contributed by atoms with Crippen molar-refractivity contribution < 1.29 is 4.79 Å². The third kappa shape index (κ3) is 3.70. The molecule has 1 saturated heterocycles. The Morgan fingerprint density at radius 3 is 2.83 bits per heavy atom. The summed E-state index contributed by atoms with van der Waals surface area (Å²) in [5.74, 6) is 0.0979. The highest BCUT2D eigenvalue weighted by Crippen LogP contribution is 2.23. The Labute approximate surface area is 137 Å². The molecule has 23 heavy (non-hydrogen) atoms. The van der Waals surface area contributed by atoms with Gasteiger partial charge in [-0.15, -0.1) is 0 Å². The van der Waals surface area contributed by atoms with Gasteiger partial charge in [-0.05, 0) is 43.9 Å². The van der Waals surface area contributed by atoms with Gasteiger partial charge in [0.1, 0.15) is 0 Å². The molecule has 1 aliphatic rings. The van der Waals surface area contributed by atoms with Crippen molar-refractivity contribution in [1.82, 2.24) is 9.88 Å². The molecule has 2 aromatic rings. The molecule has 0 spiro atoms. The van der Waals surface area contributed by atoms with Crippen LogP contribution in [-0.2, 0) is 0 Å². The van der Waals surface area contributed by atoms with Gasteiger partial charge in [-0.3, -0.25) is 9.78 Å². The fourth-order valence-corrected chi connectivity index (χ4v) is 3.17. The molecule has 1 aliphatic heterocycles. The van der Waals surface area contributed by atoms with E-state index in [0.29, 0.717) is 11.6 Å². The van der Waals surface area contributed by atoms with Crippen LogP contribution in [0.15, 0.2) is 48.8 Å². The molecule has 0 bridgehead atoms. The van der Waals surface area contributed by atoms with Crippen molar-refractivity contribution in [2.24, 2.45) is 0 Å². The van der Waals surface area contributed by atoms with Gasteiger partial charge in [0.25, 0.3) is 5.91 Å². The summed E-state index contributed by atoms with van der Waals surface area (Å²) in [4.78, 5) is 19.1. The highest BCUT2D eigenvalue weighted by atomic mass is 16.2. The first-order valence-electron chi connectivity index (χ1n) is 8.36. The Balaban J connectivity index is 1.77. The zero-order valence-corrected chi connectivity index (χ0v) is 13.5. The molecule has 1 fully saturated rings. The van der Waals surface area contributed by atoms with E-state index in [9.17, 15) is 4.79 Å². The summed E-state index contributed by atoms with van der Waals surface area (Å²) >= 11 is 0. The monoisotopic (exact) mass is 309 g/mol. The molecule has 3 rings (SSSR count). The lowest BCUT2D eigenvalue weighted by Crippen LogP contribution is -2.43. The summed E-state index contributed by atoms with van der Waals surface area (Å²) in [7, 11) is 0. The molecule has 0 saturated carbocycles. The molecule has 0 aliphatic carbocycles. The van der Waals surface area contributed by atoms with Gasteiger partial charge >= 0.3 is 0 Å². The van der Waals surface area contributed by atoms with E-state index in [1.165, 1.54) is 6.42 Å². The molecule has 1 aromatic heterocycles. The third-order valence-corrected chi connectivity index (χ3v) is 4.41. The van der Waals surface area contributed by atoms with Crippen LogP contribution in [0.1, 0.15) is 43.0 Å². The van der Waals surface area contributed by atoms with E-state index < -0.39 is 0 Å². The van der Waals surface area contributed by atoms with Crippen LogP contribution in [0, 0.1) is 0 Å². The topological polar surface area (TPSA) is 45.2 Å². The molecule has 4 heteroatoms. The van der Waals surface area contributed by atoms with Crippen LogP contribution >= 0.6 is 0 Å². The van der Waals surface area contributed by atoms with E-state index in [2.05, 4.69) is 17.2 Å². The number of likely N-dealkylation sites (tertiary alicyclic amines) is 1. The second-order valence-electron chi connectivity index (χ2n) is 6.01. The number of pyridine rings is 1. The predicted molar refractivity (Wildman–Crippen MR) is 92.9 cm³/mol. The number of aromatic nitrogens is 1. The summed E-state index contributed by atoms with van der Waals surface area (Å²) in [6.07, 6.45) is 7.85. The number of rotatable bonds is 4. The quantitative estimate of drug-likeness (QED) is 0.919. The van der Waals surface area contributed by atoms with Gasteiger partial charge in [0, 0.05) is 24.5 Å². The van der Waals surface area contributed by atoms with Gasteiger partial charge in [-0.1, -0.05) is 25.1 Å². The zero-order chi connectivity index (χ0) is 16.1. The number of carbonyl (C=O) groups is 1. The molecule has 1 atom stereocenters. The van der Waals surface area contributed by atoms with Gasteiger partial charge < -0.3 is 10.2 Å². The van der Waals surface area contributed by atoms with E-state index in [0.717, 1.165) is 37.2 Å². The lowest BCUT2D eigenvalue weighted by Gasteiger charge is -2.35. The summed E-state index contributed by atoms with van der Waals surface area (Å²) in [6.45, 7) is 3.01. The minimum Gasteiger partial charge on any atom is -0.354 e. The number of para-hydroxylation sites is 1. The molecular formula is C19H23N3O. The Hall–Kier alpha value is -2.36. The lowest BCUT2D eigenvalue weighted by molar-refractivity contribution is 0.0607. The van der Waals surface area contributed by atoms with Crippen molar-refractivity contribution in [3.05, 3.63) is 54.4 Å². The Bertz CT molecular complexity index is 657. The van der Waals surface area contributed by atoms with Gasteiger partial charge in [0.15, 0.2) is 0 Å². The van der Waals surface area contributed by atoms with Gasteiger partial charge in [-0.2, -0.15) is 0 Å². The third-order valence-electron chi connectivity index (χ3n) is 4.41. The van der Waals surface area contributed by atoms with Crippen molar-refractivity contribution in [3.63, 3.8) is 0 Å². The van der Waals surface area contributed by atoms with Crippen molar-refractivity contribution in [1.29, 1.82) is 0 Å². The van der Waals surface area contributed by atoms with Crippen molar-refractivity contribution >= 4 is 17.3 Å². The SMILES string of the molecule is CCC1CCCCN1C(=O)c1cncc(Nc2ccccc2)c1. The maximum absolute atomic E-state index is 12.8. The van der Waals surface area contributed by atoms with E-state index in [4.69, 9.17) is 0 Å².